The molecule has 1 aromatic heterocycles. The third-order valence-electron chi connectivity index (χ3n) is 6.07. The molecule has 0 bridgehead atoms. The van der Waals surface area contributed by atoms with Crippen LogP contribution in [0.2, 0.25) is 0 Å². The third-order valence-corrected chi connectivity index (χ3v) is 6.07. The number of likely N-dealkylation sites (tertiary alicyclic amines) is 1. The molecule has 2 heterocycles. The van der Waals surface area contributed by atoms with E-state index in [9.17, 15) is 0 Å². The van der Waals surface area contributed by atoms with Gasteiger partial charge in [0.15, 0.2) is 0 Å². The Morgan fingerprint density at radius 1 is 1.07 bits per heavy atom. The summed E-state index contributed by atoms with van der Waals surface area (Å²) in [6, 6.07) is 17.2. The van der Waals surface area contributed by atoms with Crippen molar-refractivity contribution in [1.82, 2.24) is 25.1 Å². The Labute approximate surface area is 170 Å². The first-order valence-electron chi connectivity index (χ1n) is 10.4. The molecule has 1 aliphatic heterocycles. The van der Waals surface area contributed by atoms with Crippen molar-refractivity contribution in [2.75, 3.05) is 13.1 Å². The van der Waals surface area contributed by atoms with Crippen LogP contribution >= 0.6 is 0 Å². The number of tetrazole rings is 1. The fraction of sp³-hybridized carbons (Fsp3) is 0.409. The molecular weight excluding hydrogens is 364 g/mol. The number of piperidine rings is 1. The summed E-state index contributed by atoms with van der Waals surface area (Å²) in [4.78, 5) is 2.54. The van der Waals surface area contributed by atoms with Crippen molar-refractivity contribution in [3.05, 3.63) is 66.0 Å². The number of fused-ring (bicyclic) bond motifs is 1. The standard InChI is InChI=1S/C22H26N6O/c23-17-6-4-12-27(14-17)21-11-10-16-5-1-2-9-20(16)22(21)29-19-8-3-7-18(13-19)28-15-24-25-26-28/h1-3,5,7-9,13,15,17,21-22H,4,6,10-12,14,23H2/t17-,21?,22?/m1/s1. The van der Waals surface area contributed by atoms with Crippen LogP contribution in [0.5, 0.6) is 5.75 Å². The molecule has 0 radical (unpaired) electrons. The number of hydrogen-bond acceptors (Lipinski definition) is 6. The molecule has 5 rings (SSSR count). The Kier molecular flexibility index (Phi) is 4.99. The lowest BCUT2D eigenvalue weighted by atomic mass is 9.84. The maximum atomic E-state index is 6.66. The van der Waals surface area contributed by atoms with E-state index in [2.05, 4.69) is 44.7 Å². The summed E-state index contributed by atoms with van der Waals surface area (Å²) in [5, 5.41) is 11.4. The van der Waals surface area contributed by atoms with Gasteiger partial charge in [0.05, 0.1) is 11.7 Å². The SMILES string of the molecule is N[C@@H]1CCCN(C2CCc3ccccc3C2Oc2cccc(-n3cnnn3)c2)C1. The number of nitrogens with two attached hydrogens (primary N) is 1. The summed E-state index contributed by atoms with van der Waals surface area (Å²) in [5.74, 6) is 0.825. The van der Waals surface area contributed by atoms with Crippen molar-refractivity contribution in [1.29, 1.82) is 0 Å². The molecule has 0 saturated carbocycles. The van der Waals surface area contributed by atoms with Crippen molar-refractivity contribution in [3.8, 4) is 11.4 Å². The largest absolute Gasteiger partial charge is 0.484 e. The van der Waals surface area contributed by atoms with E-state index < -0.39 is 0 Å². The quantitative estimate of drug-likeness (QED) is 0.737. The first kappa shape index (κ1) is 18.3. The van der Waals surface area contributed by atoms with E-state index in [1.807, 2.05) is 24.3 Å². The van der Waals surface area contributed by atoms with Crippen LogP contribution in [0.15, 0.2) is 54.9 Å². The zero-order chi connectivity index (χ0) is 19.6. The molecule has 1 fully saturated rings. The van der Waals surface area contributed by atoms with Crippen LogP contribution in [-0.2, 0) is 6.42 Å². The summed E-state index contributed by atoms with van der Waals surface area (Å²) in [6.45, 7) is 2.03. The minimum absolute atomic E-state index is 0.0191. The van der Waals surface area contributed by atoms with E-state index >= 15 is 0 Å². The van der Waals surface area contributed by atoms with Gasteiger partial charge in [0.1, 0.15) is 18.2 Å². The van der Waals surface area contributed by atoms with Gasteiger partial charge in [-0.25, -0.2) is 4.68 Å². The van der Waals surface area contributed by atoms with Crippen molar-refractivity contribution >= 4 is 0 Å². The third kappa shape index (κ3) is 3.75. The highest BCUT2D eigenvalue weighted by atomic mass is 16.5. The first-order chi connectivity index (χ1) is 14.3. The monoisotopic (exact) mass is 390 g/mol. The molecule has 150 valence electrons. The summed E-state index contributed by atoms with van der Waals surface area (Å²) in [7, 11) is 0. The number of ether oxygens (including phenoxy) is 1. The van der Waals surface area contributed by atoms with Crippen LogP contribution in [-0.4, -0.2) is 50.3 Å². The molecule has 2 N–H and O–H groups in total. The Morgan fingerprint density at radius 2 is 2.00 bits per heavy atom. The predicted molar refractivity (Wildman–Crippen MR) is 110 cm³/mol. The maximum absolute atomic E-state index is 6.66. The maximum Gasteiger partial charge on any atom is 0.143 e. The summed E-state index contributed by atoms with van der Waals surface area (Å²) in [5.41, 5.74) is 9.85. The second-order valence-corrected chi connectivity index (χ2v) is 7.99. The molecule has 2 unspecified atom stereocenters. The highest BCUT2D eigenvalue weighted by molar-refractivity contribution is 5.40. The Bertz CT molecular complexity index is 959. The molecule has 1 saturated heterocycles. The number of nitrogens with zero attached hydrogens (tertiary/aromatic N) is 5. The van der Waals surface area contributed by atoms with Crippen LogP contribution in [0.4, 0.5) is 0 Å². The van der Waals surface area contributed by atoms with Crippen LogP contribution in [0.1, 0.15) is 36.5 Å². The Balaban J connectivity index is 1.47. The second kappa shape index (κ2) is 7.93. The number of benzene rings is 2. The van der Waals surface area contributed by atoms with Crippen molar-refractivity contribution in [2.24, 2.45) is 5.73 Å². The van der Waals surface area contributed by atoms with Crippen molar-refractivity contribution < 1.29 is 4.74 Å². The van der Waals surface area contributed by atoms with E-state index in [1.165, 1.54) is 11.1 Å². The molecule has 3 atom stereocenters. The Hall–Kier alpha value is -2.77. The van der Waals surface area contributed by atoms with Crippen LogP contribution in [0.25, 0.3) is 5.69 Å². The van der Waals surface area contributed by atoms with E-state index in [1.54, 1.807) is 11.0 Å². The summed E-state index contributed by atoms with van der Waals surface area (Å²) < 4.78 is 8.30. The molecule has 7 heteroatoms. The van der Waals surface area contributed by atoms with Crippen LogP contribution < -0.4 is 10.5 Å². The lowest BCUT2D eigenvalue weighted by Gasteiger charge is -2.43. The van der Waals surface area contributed by atoms with Gasteiger partial charge in [-0.05, 0) is 65.9 Å². The fourth-order valence-electron chi connectivity index (χ4n) is 4.68. The van der Waals surface area contributed by atoms with Gasteiger partial charge in [0.2, 0.25) is 0 Å². The minimum Gasteiger partial charge on any atom is -0.484 e. The molecule has 0 amide bonds. The normalized spacial score (nSPS) is 24.8. The van der Waals surface area contributed by atoms with E-state index in [0.29, 0.717) is 6.04 Å². The van der Waals surface area contributed by atoms with Gasteiger partial charge < -0.3 is 10.5 Å². The average molecular weight is 390 g/mol. The van der Waals surface area contributed by atoms with Crippen molar-refractivity contribution in [2.45, 2.75) is 43.9 Å². The molecule has 0 spiro atoms. The number of rotatable bonds is 4. The molecule has 29 heavy (non-hydrogen) atoms. The molecule has 2 aromatic carbocycles. The molecule has 1 aliphatic carbocycles. The van der Waals surface area contributed by atoms with E-state index in [0.717, 1.165) is 50.2 Å². The zero-order valence-electron chi connectivity index (χ0n) is 16.4. The summed E-state index contributed by atoms with van der Waals surface area (Å²) in [6.07, 6.45) is 6.00. The number of hydrogen-bond donors (Lipinski definition) is 1. The molecule has 2 aliphatic rings. The summed E-state index contributed by atoms with van der Waals surface area (Å²) >= 11 is 0. The Morgan fingerprint density at radius 3 is 2.86 bits per heavy atom. The number of aromatic nitrogens is 4. The number of aryl methyl sites for hydroxylation is 1. The van der Waals surface area contributed by atoms with Gasteiger partial charge in [-0.3, -0.25) is 4.90 Å². The lowest BCUT2D eigenvalue weighted by molar-refractivity contribution is 0.0367. The van der Waals surface area contributed by atoms with Crippen LogP contribution in [0.3, 0.4) is 0 Å². The molecule has 7 nitrogen and oxygen atoms in total. The van der Waals surface area contributed by atoms with Gasteiger partial charge in [-0.2, -0.15) is 0 Å². The predicted octanol–water partition coefficient (Wildman–Crippen LogP) is 2.52. The first-order valence-corrected chi connectivity index (χ1v) is 10.4. The van der Waals surface area contributed by atoms with Gasteiger partial charge in [0, 0.05) is 18.7 Å². The van der Waals surface area contributed by atoms with Gasteiger partial charge in [0.25, 0.3) is 0 Å². The van der Waals surface area contributed by atoms with E-state index in [-0.39, 0.29) is 12.1 Å². The van der Waals surface area contributed by atoms with Crippen LogP contribution in [0, 0.1) is 0 Å². The topological polar surface area (TPSA) is 82.1 Å². The van der Waals surface area contributed by atoms with Gasteiger partial charge in [-0.15, -0.1) is 5.10 Å². The smallest absolute Gasteiger partial charge is 0.143 e. The highest BCUT2D eigenvalue weighted by Crippen LogP contribution is 2.37. The van der Waals surface area contributed by atoms with Gasteiger partial charge in [-0.1, -0.05) is 30.3 Å². The molecule has 3 aromatic rings. The average Bonchev–Trinajstić information content (AvgIpc) is 3.29. The fourth-order valence-corrected chi connectivity index (χ4v) is 4.68. The molecular formula is C22H26N6O. The lowest BCUT2D eigenvalue weighted by Crippen LogP contribution is -2.51. The second-order valence-electron chi connectivity index (χ2n) is 7.99. The van der Waals surface area contributed by atoms with Crippen molar-refractivity contribution in [3.63, 3.8) is 0 Å². The van der Waals surface area contributed by atoms with E-state index in [4.69, 9.17) is 10.5 Å². The minimum atomic E-state index is -0.0191. The zero-order valence-corrected chi connectivity index (χ0v) is 16.4. The highest BCUT2D eigenvalue weighted by Gasteiger charge is 2.36. The van der Waals surface area contributed by atoms with Gasteiger partial charge >= 0.3 is 0 Å².